The highest BCUT2D eigenvalue weighted by molar-refractivity contribution is 5.98. The van der Waals surface area contributed by atoms with Crippen molar-refractivity contribution in [2.24, 2.45) is 0 Å². The fraction of sp³-hybridized carbons (Fsp3) is 0.457. The van der Waals surface area contributed by atoms with E-state index >= 15 is 0 Å². The number of fused-ring (bicyclic) bond motifs is 1. The van der Waals surface area contributed by atoms with Crippen LogP contribution in [0.25, 0.3) is 22.3 Å². The van der Waals surface area contributed by atoms with E-state index in [1.165, 1.54) is 6.33 Å². The van der Waals surface area contributed by atoms with Gasteiger partial charge in [0.2, 0.25) is 5.91 Å². The summed E-state index contributed by atoms with van der Waals surface area (Å²) in [5.41, 5.74) is 10.8. The van der Waals surface area contributed by atoms with E-state index in [1.807, 2.05) is 54.6 Å². The van der Waals surface area contributed by atoms with Gasteiger partial charge >= 0.3 is 0 Å². The molecule has 1 aliphatic heterocycles. The topological polar surface area (TPSA) is 163 Å². The number of aliphatic hydroxyl groups is 1. The van der Waals surface area contributed by atoms with Crippen LogP contribution in [0.3, 0.4) is 0 Å². The highest BCUT2D eigenvalue weighted by Crippen LogP contribution is 2.37. The van der Waals surface area contributed by atoms with Crippen LogP contribution in [-0.2, 0) is 9.59 Å². The Labute approximate surface area is 275 Å². The molecule has 12 nitrogen and oxygen atoms in total. The smallest absolute Gasteiger partial charge is 0.300 e. The van der Waals surface area contributed by atoms with E-state index in [1.54, 1.807) is 6.92 Å². The van der Waals surface area contributed by atoms with Crippen LogP contribution < -0.4 is 11.1 Å². The first-order chi connectivity index (χ1) is 22.6. The molecule has 2 fully saturated rings. The van der Waals surface area contributed by atoms with E-state index in [9.17, 15) is 9.90 Å². The van der Waals surface area contributed by atoms with Gasteiger partial charge in [0.05, 0.1) is 30.0 Å². The zero-order chi connectivity index (χ0) is 33.5. The van der Waals surface area contributed by atoms with Crippen LogP contribution in [-0.4, -0.2) is 97.0 Å². The fourth-order valence-electron chi connectivity index (χ4n) is 6.63. The Morgan fingerprint density at radius 1 is 0.936 bits per heavy atom. The number of hydrogen-bond donors (Lipinski definition) is 4. The Kier molecular flexibility index (Phi) is 11.2. The van der Waals surface area contributed by atoms with Gasteiger partial charge in [-0.15, -0.1) is 0 Å². The number of carboxylic acids is 1. The van der Waals surface area contributed by atoms with Crippen molar-refractivity contribution in [1.82, 2.24) is 34.9 Å². The number of rotatable bonds is 8. The quantitative estimate of drug-likeness (QED) is 0.222. The molecule has 1 aliphatic carbocycles. The number of anilines is 1. The van der Waals surface area contributed by atoms with E-state index in [0.717, 1.165) is 92.2 Å². The van der Waals surface area contributed by atoms with E-state index in [0.29, 0.717) is 11.9 Å². The number of aliphatic hydroxyl groups excluding tert-OH is 1. The summed E-state index contributed by atoms with van der Waals surface area (Å²) in [5, 5.41) is 26.1. The maximum Gasteiger partial charge on any atom is 0.300 e. The van der Waals surface area contributed by atoms with Gasteiger partial charge in [-0.25, -0.2) is 14.6 Å². The summed E-state index contributed by atoms with van der Waals surface area (Å²) in [6.45, 7) is 7.28. The lowest BCUT2D eigenvalue weighted by molar-refractivity contribution is -0.134. The van der Waals surface area contributed by atoms with Gasteiger partial charge in [0.15, 0.2) is 5.65 Å². The van der Waals surface area contributed by atoms with Crippen LogP contribution in [0.1, 0.15) is 69.2 Å². The predicted molar refractivity (Wildman–Crippen MR) is 182 cm³/mol. The first kappa shape index (κ1) is 34.0. The number of carboxylic acid groups (broad SMARTS) is 1. The number of carbonyl (C=O) groups is 2. The number of nitrogens with zero attached hydrogens (tertiary/aromatic N) is 6. The monoisotopic (exact) mass is 642 g/mol. The highest BCUT2D eigenvalue weighted by atomic mass is 16.4. The molecule has 2 aliphatic rings. The van der Waals surface area contributed by atoms with Crippen molar-refractivity contribution >= 4 is 28.7 Å². The van der Waals surface area contributed by atoms with E-state index in [4.69, 9.17) is 20.7 Å². The van der Waals surface area contributed by atoms with Gasteiger partial charge in [-0.05, 0) is 50.8 Å². The first-order valence-electron chi connectivity index (χ1n) is 16.3. The Bertz CT molecular complexity index is 1620. The number of aliphatic carboxylic acids is 1. The number of amides is 1. The molecule has 250 valence electrons. The lowest BCUT2D eigenvalue weighted by Gasteiger charge is -2.41. The summed E-state index contributed by atoms with van der Waals surface area (Å²) in [5.74, 6) is -0.612. The molecular weight excluding hydrogens is 596 g/mol. The second kappa shape index (κ2) is 15.5. The molecule has 0 radical (unpaired) electrons. The molecule has 2 aromatic carbocycles. The van der Waals surface area contributed by atoms with Crippen LogP contribution in [0.5, 0.6) is 0 Å². The van der Waals surface area contributed by atoms with Crippen molar-refractivity contribution in [2.45, 2.75) is 70.2 Å². The lowest BCUT2D eigenvalue weighted by atomic mass is 9.90. The van der Waals surface area contributed by atoms with Crippen molar-refractivity contribution in [3.63, 3.8) is 0 Å². The molecule has 1 saturated heterocycles. The number of nitrogens with one attached hydrogen (secondary N) is 1. The molecule has 3 heterocycles. The summed E-state index contributed by atoms with van der Waals surface area (Å²) in [6.07, 6.45) is 5.28. The van der Waals surface area contributed by atoms with Crippen molar-refractivity contribution in [1.29, 1.82) is 0 Å². The fourth-order valence-corrected chi connectivity index (χ4v) is 6.63. The molecular formula is C35H46N8O4. The van der Waals surface area contributed by atoms with Gasteiger partial charge in [0.25, 0.3) is 5.97 Å². The molecule has 0 spiro atoms. The average Bonchev–Trinajstić information content (AvgIpc) is 3.45. The summed E-state index contributed by atoms with van der Waals surface area (Å²) in [4.78, 5) is 35.7. The maximum atomic E-state index is 12.6. The van der Waals surface area contributed by atoms with E-state index < -0.39 is 12.1 Å². The van der Waals surface area contributed by atoms with Crippen molar-refractivity contribution in [3.05, 3.63) is 72.1 Å². The number of carbonyl (C=O) groups excluding carboxylic acids is 1. The SMILES string of the molecule is CC(=O)O.CC(O)CC(=O)NC(c1ccccc1)c1ccc(-c2nn([C@H]3CC[C@@H](N4CCN(C)CC4)CC3)c3ncnc(N)c23)cc1. The van der Waals surface area contributed by atoms with Crippen molar-refractivity contribution < 1.29 is 19.8 Å². The first-order valence-corrected chi connectivity index (χ1v) is 16.3. The van der Waals surface area contributed by atoms with Crippen LogP contribution >= 0.6 is 0 Å². The Balaban J connectivity index is 0.00000103. The van der Waals surface area contributed by atoms with Crippen molar-refractivity contribution in [2.75, 3.05) is 39.0 Å². The largest absolute Gasteiger partial charge is 0.481 e. The normalized spacial score (nSPS) is 20.2. The lowest BCUT2D eigenvalue weighted by Crippen LogP contribution is -2.49. The highest BCUT2D eigenvalue weighted by Gasteiger charge is 2.31. The summed E-state index contributed by atoms with van der Waals surface area (Å²) >= 11 is 0. The Morgan fingerprint density at radius 2 is 1.53 bits per heavy atom. The summed E-state index contributed by atoms with van der Waals surface area (Å²) in [7, 11) is 2.20. The second-order valence-electron chi connectivity index (χ2n) is 12.7. The third-order valence-corrected chi connectivity index (χ3v) is 9.02. The molecule has 1 amide bonds. The molecule has 47 heavy (non-hydrogen) atoms. The number of nitrogens with two attached hydrogens (primary N) is 1. The Morgan fingerprint density at radius 3 is 2.15 bits per heavy atom. The molecule has 2 unspecified atom stereocenters. The van der Waals surface area contributed by atoms with Crippen LogP contribution in [0.4, 0.5) is 5.82 Å². The standard InChI is InChI=1S/C33H42N8O2.C2H4O2/c1-22(42)20-28(43)37-30(23-6-4-3-5-7-23)24-8-10-25(11-9-24)31-29-32(34)35-21-36-33(29)41(38-31)27-14-12-26(13-15-27)40-18-16-39(2)17-19-40;1-2(3)4/h3-11,21-22,26-27,30,42H,12-20H2,1-2H3,(H,37,43)(H2,34,35,36);1H3,(H,3,4)/t22?,26-,27+,30?;. The summed E-state index contributed by atoms with van der Waals surface area (Å²) < 4.78 is 2.08. The molecule has 5 N–H and O–H groups in total. The zero-order valence-corrected chi connectivity index (χ0v) is 27.4. The minimum atomic E-state index is -0.833. The third-order valence-electron chi connectivity index (χ3n) is 9.02. The van der Waals surface area contributed by atoms with E-state index in [2.05, 4.69) is 36.8 Å². The molecule has 2 aromatic heterocycles. The van der Waals surface area contributed by atoms with Crippen LogP contribution in [0, 0.1) is 0 Å². The van der Waals surface area contributed by atoms with Gasteiger partial charge < -0.3 is 26.2 Å². The number of piperazine rings is 1. The van der Waals surface area contributed by atoms with Gasteiger partial charge in [-0.1, -0.05) is 54.6 Å². The van der Waals surface area contributed by atoms with Gasteiger partial charge in [-0.3, -0.25) is 14.5 Å². The maximum absolute atomic E-state index is 12.6. The summed E-state index contributed by atoms with van der Waals surface area (Å²) in [6, 6.07) is 18.5. The van der Waals surface area contributed by atoms with Gasteiger partial charge in [0.1, 0.15) is 17.8 Å². The predicted octanol–water partition coefficient (Wildman–Crippen LogP) is 3.87. The van der Waals surface area contributed by atoms with E-state index in [-0.39, 0.29) is 24.4 Å². The number of aromatic nitrogens is 4. The van der Waals surface area contributed by atoms with Crippen LogP contribution in [0.2, 0.25) is 0 Å². The molecule has 4 aromatic rings. The second-order valence-corrected chi connectivity index (χ2v) is 12.7. The number of hydrogen-bond acceptors (Lipinski definition) is 9. The minimum Gasteiger partial charge on any atom is -0.481 e. The third kappa shape index (κ3) is 8.51. The minimum absolute atomic E-state index is 0.0431. The Hall–Kier alpha value is -4.39. The van der Waals surface area contributed by atoms with Crippen LogP contribution in [0.15, 0.2) is 60.9 Å². The number of nitrogen functional groups attached to an aromatic ring is 1. The molecule has 0 bridgehead atoms. The number of likely N-dealkylation sites (N-methyl/N-ethyl adjacent to an activating group) is 1. The molecule has 12 heteroatoms. The zero-order valence-electron chi connectivity index (χ0n) is 27.4. The van der Waals surface area contributed by atoms with Crippen molar-refractivity contribution in [3.8, 4) is 11.3 Å². The van der Waals surface area contributed by atoms with Gasteiger partial charge in [-0.2, -0.15) is 5.10 Å². The molecule has 1 saturated carbocycles. The molecule has 6 rings (SSSR count). The average molecular weight is 643 g/mol. The molecule has 2 atom stereocenters. The van der Waals surface area contributed by atoms with Gasteiger partial charge in [0, 0.05) is 44.7 Å². The number of benzene rings is 2.